The fourth-order valence-electron chi connectivity index (χ4n) is 2.74. The van der Waals surface area contributed by atoms with Crippen LogP contribution in [0.3, 0.4) is 0 Å². The second-order valence-electron chi connectivity index (χ2n) is 8.46. The maximum atomic E-state index is 12.8. The quantitative estimate of drug-likeness (QED) is 0.353. The molecular weight excluding hydrogens is 464 g/mol. The van der Waals surface area contributed by atoms with E-state index in [1.54, 1.807) is 0 Å². The van der Waals surface area contributed by atoms with Crippen LogP contribution >= 0.6 is 15.9 Å². The number of hydrogen-bond donors (Lipinski definition) is 1. The first-order valence-electron chi connectivity index (χ1n) is 9.04. The zero-order valence-electron chi connectivity index (χ0n) is 16.7. The van der Waals surface area contributed by atoms with Crippen LogP contribution in [-0.4, -0.2) is 33.8 Å². The van der Waals surface area contributed by atoms with Gasteiger partial charge < -0.3 is 4.43 Å². The number of para-hydroxylation sites is 1. The minimum Gasteiger partial charge on any atom is -0.414 e. The Hall–Kier alpha value is -1.07. The molecule has 0 aliphatic heterocycles. The molecule has 7 nitrogen and oxygen atoms in total. The molecule has 1 aliphatic rings. The van der Waals surface area contributed by atoms with Crippen LogP contribution in [0.1, 0.15) is 33.6 Å². The molecule has 10 heteroatoms. The highest BCUT2D eigenvalue weighted by atomic mass is 79.9. The van der Waals surface area contributed by atoms with Crippen molar-refractivity contribution in [3.8, 4) is 0 Å². The molecule has 0 radical (unpaired) electrons. The lowest BCUT2D eigenvalue weighted by Crippen LogP contribution is -2.47. The van der Waals surface area contributed by atoms with Gasteiger partial charge >= 0.3 is 0 Å². The van der Waals surface area contributed by atoms with Gasteiger partial charge in [0, 0.05) is 10.5 Å². The summed E-state index contributed by atoms with van der Waals surface area (Å²) in [5.41, 5.74) is -0.444. The molecule has 0 aromatic heterocycles. The Labute approximate surface area is 176 Å². The molecular formula is C18H27BrN2O5SSi. The van der Waals surface area contributed by atoms with Gasteiger partial charge in [0.1, 0.15) is 0 Å². The average Bonchev–Trinajstić information content (AvgIpc) is 2.56. The molecule has 1 aromatic carbocycles. The standard InChI is InChI=1S/C18H27BrN2O5SSi/c1-18(2,3)28(4,5)26-13-10-11-14(19)15(12-13)20-27(24,25)17-9-7-6-8-16(17)21(22)23/h6-9,11,13,15,20H,10,12H2,1-5H3. The fraction of sp³-hybridized carbons (Fsp3) is 0.556. The van der Waals surface area contributed by atoms with Crippen molar-refractivity contribution in [3.05, 3.63) is 44.9 Å². The predicted molar refractivity (Wildman–Crippen MR) is 116 cm³/mol. The first-order valence-corrected chi connectivity index (χ1v) is 14.2. The maximum absolute atomic E-state index is 12.8. The third-order valence-corrected chi connectivity index (χ3v) is 12.3. The number of nitrogens with one attached hydrogen (secondary N) is 1. The van der Waals surface area contributed by atoms with Crippen molar-refractivity contribution in [2.24, 2.45) is 0 Å². The normalized spacial score (nSPS) is 21.3. The lowest BCUT2D eigenvalue weighted by Gasteiger charge is -2.41. The summed E-state index contributed by atoms with van der Waals surface area (Å²) in [6.45, 7) is 10.8. The van der Waals surface area contributed by atoms with Crippen LogP contribution in [-0.2, 0) is 14.4 Å². The third-order valence-electron chi connectivity index (χ3n) is 5.32. The van der Waals surface area contributed by atoms with E-state index in [9.17, 15) is 18.5 Å². The highest BCUT2D eigenvalue weighted by molar-refractivity contribution is 9.11. The second-order valence-corrected chi connectivity index (χ2v) is 15.8. The van der Waals surface area contributed by atoms with Gasteiger partial charge in [-0.1, -0.05) is 54.9 Å². The SMILES string of the molecule is CC(C)(C)[Si](C)(C)OC1CC=C(Br)C(NS(=O)(=O)c2ccccc2[N+](=O)[O-])C1. The van der Waals surface area contributed by atoms with Gasteiger partial charge in [-0.2, -0.15) is 0 Å². The van der Waals surface area contributed by atoms with E-state index >= 15 is 0 Å². The Bertz CT molecular complexity index is 880. The summed E-state index contributed by atoms with van der Waals surface area (Å²) in [5.74, 6) is 0. The van der Waals surface area contributed by atoms with Gasteiger partial charge in [0.15, 0.2) is 13.2 Å². The smallest absolute Gasteiger partial charge is 0.289 e. The van der Waals surface area contributed by atoms with Gasteiger partial charge in [-0.3, -0.25) is 10.1 Å². The van der Waals surface area contributed by atoms with E-state index in [4.69, 9.17) is 4.43 Å². The summed E-state index contributed by atoms with van der Waals surface area (Å²) in [6, 6.07) is 4.80. The molecule has 0 amide bonds. The molecule has 2 rings (SSSR count). The van der Waals surface area contributed by atoms with E-state index in [2.05, 4.69) is 54.5 Å². The number of nitrogens with zero attached hydrogens (tertiary/aromatic N) is 1. The molecule has 0 saturated heterocycles. The number of halogens is 1. The molecule has 0 fully saturated rings. The molecule has 1 N–H and O–H groups in total. The van der Waals surface area contributed by atoms with Gasteiger partial charge in [-0.25, -0.2) is 13.1 Å². The Balaban J connectivity index is 2.23. The molecule has 0 bridgehead atoms. The molecule has 2 atom stereocenters. The van der Waals surface area contributed by atoms with Gasteiger partial charge in [-0.05, 0) is 37.0 Å². The molecule has 2 unspecified atom stereocenters. The van der Waals surface area contributed by atoms with Crippen LogP contribution in [0.5, 0.6) is 0 Å². The van der Waals surface area contributed by atoms with E-state index in [1.807, 2.05) is 6.08 Å². The highest BCUT2D eigenvalue weighted by Gasteiger charge is 2.40. The van der Waals surface area contributed by atoms with Crippen molar-refractivity contribution in [2.75, 3.05) is 0 Å². The van der Waals surface area contributed by atoms with E-state index in [0.29, 0.717) is 17.3 Å². The summed E-state index contributed by atoms with van der Waals surface area (Å²) < 4.78 is 35.4. The Morgan fingerprint density at radius 2 is 1.89 bits per heavy atom. The number of benzene rings is 1. The van der Waals surface area contributed by atoms with E-state index in [-0.39, 0.29) is 16.0 Å². The van der Waals surface area contributed by atoms with Crippen molar-refractivity contribution in [2.45, 2.75) is 68.8 Å². The number of hydrogen-bond acceptors (Lipinski definition) is 5. The highest BCUT2D eigenvalue weighted by Crippen LogP contribution is 2.39. The number of nitro benzene ring substituents is 1. The van der Waals surface area contributed by atoms with Crippen molar-refractivity contribution in [3.63, 3.8) is 0 Å². The number of nitro groups is 1. The Kier molecular flexibility index (Phi) is 6.92. The minimum atomic E-state index is -4.07. The van der Waals surface area contributed by atoms with Crippen molar-refractivity contribution < 1.29 is 17.8 Å². The topological polar surface area (TPSA) is 98.5 Å². The zero-order valence-corrected chi connectivity index (χ0v) is 20.1. The summed E-state index contributed by atoms with van der Waals surface area (Å²) in [5, 5.41) is 11.3. The third kappa shape index (κ3) is 5.29. The lowest BCUT2D eigenvalue weighted by atomic mass is 10.0. The summed E-state index contributed by atoms with van der Waals surface area (Å²) in [4.78, 5) is 10.2. The first-order chi connectivity index (χ1) is 12.7. The molecule has 28 heavy (non-hydrogen) atoms. The lowest BCUT2D eigenvalue weighted by molar-refractivity contribution is -0.387. The van der Waals surface area contributed by atoms with Crippen LogP contribution in [0.4, 0.5) is 5.69 Å². The van der Waals surface area contributed by atoms with Gasteiger partial charge in [-0.15, -0.1) is 0 Å². The Morgan fingerprint density at radius 1 is 1.29 bits per heavy atom. The van der Waals surface area contributed by atoms with E-state index in [0.717, 1.165) is 0 Å². The minimum absolute atomic E-state index is 0.0467. The van der Waals surface area contributed by atoms with Crippen LogP contribution in [0.2, 0.25) is 18.1 Å². The molecule has 0 heterocycles. The molecule has 0 spiro atoms. The molecule has 1 aliphatic carbocycles. The summed E-state index contributed by atoms with van der Waals surface area (Å²) >= 11 is 3.43. The number of sulfonamides is 1. The van der Waals surface area contributed by atoms with E-state index < -0.39 is 35.0 Å². The fourth-order valence-corrected chi connectivity index (χ4v) is 6.16. The van der Waals surface area contributed by atoms with Gasteiger partial charge in [0.05, 0.1) is 17.1 Å². The monoisotopic (exact) mass is 490 g/mol. The maximum Gasteiger partial charge on any atom is 0.289 e. The zero-order chi connectivity index (χ0) is 21.3. The second kappa shape index (κ2) is 8.35. The predicted octanol–water partition coefficient (Wildman–Crippen LogP) is 4.70. The average molecular weight is 491 g/mol. The van der Waals surface area contributed by atoms with E-state index in [1.165, 1.54) is 24.3 Å². The van der Waals surface area contributed by atoms with Gasteiger partial charge in [0.25, 0.3) is 5.69 Å². The van der Waals surface area contributed by atoms with Gasteiger partial charge in [0.2, 0.25) is 10.0 Å². The number of rotatable bonds is 6. The largest absolute Gasteiger partial charge is 0.414 e. The summed E-state index contributed by atoms with van der Waals surface area (Å²) in [7, 11) is -6.07. The van der Waals surface area contributed by atoms with Crippen LogP contribution in [0.15, 0.2) is 39.7 Å². The van der Waals surface area contributed by atoms with Crippen LogP contribution in [0.25, 0.3) is 0 Å². The molecule has 0 saturated carbocycles. The van der Waals surface area contributed by atoms with Crippen LogP contribution < -0.4 is 4.72 Å². The summed E-state index contributed by atoms with van der Waals surface area (Å²) in [6.07, 6.45) is 2.95. The van der Waals surface area contributed by atoms with Crippen molar-refractivity contribution in [1.29, 1.82) is 0 Å². The van der Waals surface area contributed by atoms with Crippen LogP contribution in [0, 0.1) is 10.1 Å². The molecule has 156 valence electrons. The first kappa shape index (κ1) is 23.2. The Morgan fingerprint density at radius 3 is 2.46 bits per heavy atom. The molecule has 1 aromatic rings. The van der Waals surface area contributed by atoms with Crippen molar-refractivity contribution >= 4 is 40.0 Å². The van der Waals surface area contributed by atoms with Crippen molar-refractivity contribution in [1.82, 2.24) is 4.72 Å².